The second kappa shape index (κ2) is 6.02. The van der Waals surface area contributed by atoms with E-state index in [-0.39, 0.29) is 12.3 Å². The number of aromatic amines is 1. The third-order valence-electron chi connectivity index (χ3n) is 3.59. The van der Waals surface area contributed by atoms with Crippen LogP contribution in [0.25, 0.3) is 11.1 Å². The van der Waals surface area contributed by atoms with Gasteiger partial charge >= 0.3 is 5.76 Å². The lowest BCUT2D eigenvalue weighted by Crippen LogP contribution is -2.25. The van der Waals surface area contributed by atoms with Gasteiger partial charge in [-0.15, -0.1) is 0 Å². The molecule has 1 aromatic heterocycles. The maximum Gasteiger partial charge on any atom is 0.417 e. The molecule has 0 saturated heterocycles. The molecule has 0 amide bonds. The zero-order valence-electron chi connectivity index (χ0n) is 12.5. The lowest BCUT2D eigenvalue weighted by Gasteiger charge is -2.09. The Morgan fingerprint density at radius 1 is 1.17 bits per heavy atom. The maximum atomic E-state index is 12.2. The van der Waals surface area contributed by atoms with E-state index < -0.39 is 15.8 Å². The highest BCUT2D eigenvalue weighted by molar-refractivity contribution is 7.88. The van der Waals surface area contributed by atoms with Gasteiger partial charge in [0.1, 0.15) is 0 Å². The molecular formula is C16H16N2O4S. The van der Waals surface area contributed by atoms with E-state index in [2.05, 4.69) is 9.71 Å². The molecule has 6 nitrogen and oxygen atoms in total. The van der Waals surface area contributed by atoms with E-state index in [1.165, 1.54) is 0 Å². The molecule has 23 heavy (non-hydrogen) atoms. The van der Waals surface area contributed by atoms with Crippen LogP contribution in [0, 0.1) is 6.92 Å². The Morgan fingerprint density at radius 2 is 1.96 bits per heavy atom. The fourth-order valence-corrected chi connectivity index (χ4v) is 3.54. The van der Waals surface area contributed by atoms with Crippen LogP contribution in [-0.2, 0) is 22.3 Å². The van der Waals surface area contributed by atoms with Crippen molar-refractivity contribution >= 4 is 21.1 Å². The fraction of sp³-hybridized carbons (Fsp3) is 0.188. The molecule has 2 N–H and O–H groups in total. The van der Waals surface area contributed by atoms with Crippen molar-refractivity contribution in [2.24, 2.45) is 0 Å². The van der Waals surface area contributed by atoms with Gasteiger partial charge in [-0.05, 0) is 35.7 Å². The van der Waals surface area contributed by atoms with Crippen molar-refractivity contribution in [3.63, 3.8) is 0 Å². The molecule has 0 fully saturated rings. The Labute approximate surface area is 133 Å². The van der Waals surface area contributed by atoms with Crippen LogP contribution in [0.2, 0.25) is 0 Å². The summed E-state index contributed by atoms with van der Waals surface area (Å²) in [5.41, 5.74) is 3.42. The minimum atomic E-state index is -3.45. The average Bonchev–Trinajstić information content (AvgIpc) is 2.87. The van der Waals surface area contributed by atoms with E-state index in [9.17, 15) is 13.2 Å². The highest BCUT2D eigenvalue weighted by atomic mass is 32.2. The molecule has 1 heterocycles. The SMILES string of the molecule is Cc1ccccc1CS(=O)(=O)NCc1ccc2[nH]c(=O)oc2c1. The molecular weight excluding hydrogens is 316 g/mol. The first kappa shape index (κ1) is 15.5. The highest BCUT2D eigenvalue weighted by Gasteiger charge is 2.13. The lowest BCUT2D eigenvalue weighted by molar-refractivity contribution is 0.554. The van der Waals surface area contributed by atoms with Crippen molar-refractivity contribution in [1.82, 2.24) is 9.71 Å². The summed E-state index contributed by atoms with van der Waals surface area (Å²) in [4.78, 5) is 13.7. The number of fused-ring (bicyclic) bond motifs is 1. The zero-order chi connectivity index (χ0) is 16.4. The summed E-state index contributed by atoms with van der Waals surface area (Å²) in [5.74, 6) is -0.599. The van der Waals surface area contributed by atoms with Crippen molar-refractivity contribution in [3.8, 4) is 0 Å². The van der Waals surface area contributed by atoms with Gasteiger partial charge in [-0.25, -0.2) is 17.9 Å². The summed E-state index contributed by atoms with van der Waals surface area (Å²) < 4.78 is 31.9. The Hall–Kier alpha value is -2.38. The van der Waals surface area contributed by atoms with Crippen molar-refractivity contribution in [3.05, 3.63) is 69.7 Å². The first-order valence-electron chi connectivity index (χ1n) is 7.06. The Bertz CT molecular complexity index is 1000. The number of H-pyrrole nitrogens is 1. The lowest BCUT2D eigenvalue weighted by atomic mass is 10.1. The third kappa shape index (κ3) is 3.69. The van der Waals surface area contributed by atoms with Crippen LogP contribution in [-0.4, -0.2) is 13.4 Å². The number of aryl methyl sites for hydroxylation is 1. The van der Waals surface area contributed by atoms with Crippen LogP contribution < -0.4 is 10.5 Å². The molecule has 120 valence electrons. The Morgan fingerprint density at radius 3 is 2.74 bits per heavy atom. The molecule has 3 rings (SSSR count). The predicted molar refractivity (Wildman–Crippen MR) is 87.5 cm³/mol. The molecule has 0 radical (unpaired) electrons. The first-order valence-corrected chi connectivity index (χ1v) is 8.72. The minimum absolute atomic E-state index is 0.0683. The molecule has 0 aliphatic rings. The van der Waals surface area contributed by atoms with Gasteiger partial charge in [-0.1, -0.05) is 30.3 Å². The van der Waals surface area contributed by atoms with Crippen LogP contribution >= 0.6 is 0 Å². The number of benzene rings is 2. The first-order chi connectivity index (χ1) is 10.9. The molecule has 0 bridgehead atoms. The Kier molecular flexibility index (Phi) is 4.06. The quantitative estimate of drug-likeness (QED) is 0.748. The number of hydrogen-bond acceptors (Lipinski definition) is 4. The number of rotatable bonds is 5. The summed E-state index contributed by atoms with van der Waals surface area (Å²) in [6, 6.07) is 12.4. The number of nitrogens with one attached hydrogen (secondary N) is 2. The fourth-order valence-electron chi connectivity index (χ4n) is 2.32. The van der Waals surface area contributed by atoms with Gasteiger partial charge in [-0.3, -0.25) is 4.98 Å². The van der Waals surface area contributed by atoms with Gasteiger partial charge in [0.15, 0.2) is 5.58 Å². The normalized spacial score (nSPS) is 11.9. The molecule has 0 aliphatic heterocycles. The van der Waals surface area contributed by atoms with Crippen molar-refractivity contribution in [2.45, 2.75) is 19.2 Å². The molecule has 0 unspecified atom stereocenters. The maximum absolute atomic E-state index is 12.2. The summed E-state index contributed by atoms with van der Waals surface area (Å²) in [5, 5.41) is 0. The van der Waals surface area contributed by atoms with E-state index in [1.807, 2.05) is 25.1 Å². The van der Waals surface area contributed by atoms with E-state index in [0.29, 0.717) is 16.7 Å². The van der Waals surface area contributed by atoms with E-state index in [4.69, 9.17) is 4.42 Å². The molecule has 2 aromatic carbocycles. The second-order valence-electron chi connectivity index (χ2n) is 5.35. The molecule has 0 saturated carbocycles. The van der Waals surface area contributed by atoms with Gasteiger partial charge in [0.25, 0.3) is 0 Å². The Balaban J connectivity index is 1.72. The van der Waals surface area contributed by atoms with Crippen molar-refractivity contribution in [1.29, 1.82) is 0 Å². The topological polar surface area (TPSA) is 92.2 Å². The standard InChI is InChI=1S/C16H16N2O4S/c1-11-4-2-3-5-13(11)10-23(20,21)17-9-12-6-7-14-15(8-12)22-16(19)18-14/h2-8,17H,9-10H2,1H3,(H,18,19). The van der Waals surface area contributed by atoms with Crippen LogP contribution in [0.15, 0.2) is 51.7 Å². The van der Waals surface area contributed by atoms with Gasteiger partial charge < -0.3 is 4.42 Å². The number of aromatic nitrogens is 1. The number of oxazole rings is 1. The largest absolute Gasteiger partial charge is 0.417 e. The molecule has 0 spiro atoms. The number of hydrogen-bond donors (Lipinski definition) is 2. The van der Waals surface area contributed by atoms with Crippen molar-refractivity contribution < 1.29 is 12.8 Å². The van der Waals surface area contributed by atoms with Gasteiger partial charge in [0.05, 0.1) is 11.3 Å². The van der Waals surface area contributed by atoms with E-state index in [1.54, 1.807) is 24.3 Å². The molecule has 0 atom stereocenters. The third-order valence-corrected chi connectivity index (χ3v) is 4.86. The highest BCUT2D eigenvalue weighted by Crippen LogP contribution is 2.14. The minimum Gasteiger partial charge on any atom is -0.408 e. The van der Waals surface area contributed by atoms with Crippen LogP contribution in [0.4, 0.5) is 0 Å². The van der Waals surface area contributed by atoms with Crippen LogP contribution in [0.5, 0.6) is 0 Å². The van der Waals surface area contributed by atoms with Gasteiger partial charge in [-0.2, -0.15) is 0 Å². The summed E-state index contributed by atoms with van der Waals surface area (Å²) in [7, 11) is -3.45. The monoisotopic (exact) mass is 332 g/mol. The zero-order valence-corrected chi connectivity index (χ0v) is 13.3. The second-order valence-corrected chi connectivity index (χ2v) is 7.16. The van der Waals surface area contributed by atoms with Crippen LogP contribution in [0.1, 0.15) is 16.7 Å². The van der Waals surface area contributed by atoms with Crippen molar-refractivity contribution in [2.75, 3.05) is 0 Å². The van der Waals surface area contributed by atoms with Crippen LogP contribution in [0.3, 0.4) is 0 Å². The van der Waals surface area contributed by atoms with Gasteiger partial charge in [0, 0.05) is 6.54 Å². The smallest absolute Gasteiger partial charge is 0.408 e. The predicted octanol–water partition coefficient (Wildman–Crippen LogP) is 2.05. The number of sulfonamides is 1. The molecule has 0 aliphatic carbocycles. The average molecular weight is 332 g/mol. The summed E-state index contributed by atoms with van der Waals surface area (Å²) in [6.45, 7) is 2.02. The summed E-state index contributed by atoms with van der Waals surface area (Å²) in [6.07, 6.45) is 0. The van der Waals surface area contributed by atoms with Gasteiger partial charge in [0.2, 0.25) is 10.0 Å². The molecule has 3 aromatic rings. The van der Waals surface area contributed by atoms with E-state index >= 15 is 0 Å². The summed E-state index contributed by atoms with van der Waals surface area (Å²) >= 11 is 0. The van der Waals surface area contributed by atoms with E-state index in [0.717, 1.165) is 11.1 Å². The molecule has 7 heteroatoms.